The Morgan fingerprint density at radius 1 is 0.939 bits per heavy atom. The molecule has 5 rings (SSSR count). The summed E-state index contributed by atoms with van der Waals surface area (Å²) >= 11 is 0. The second-order valence-electron chi connectivity index (χ2n) is 8.42. The monoisotopic (exact) mass is 445 g/mol. The normalized spacial score (nSPS) is 15.0. The topological polar surface area (TPSA) is 79.8 Å². The molecular formula is C25H27N5O3. The fourth-order valence-electron chi connectivity index (χ4n) is 4.04. The first kappa shape index (κ1) is 21.1. The zero-order chi connectivity index (χ0) is 22.8. The molecule has 2 aliphatic rings. The Hall–Kier alpha value is -3.81. The van der Waals surface area contributed by atoms with Crippen LogP contribution in [0.15, 0.2) is 48.5 Å². The third-order valence-corrected chi connectivity index (χ3v) is 5.87. The van der Waals surface area contributed by atoms with Crippen LogP contribution in [-0.2, 0) is 11.2 Å². The van der Waals surface area contributed by atoms with Crippen molar-refractivity contribution in [1.82, 2.24) is 14.9 Å². The number of rotatable bonds is 5. The molecule has 0 aliphatic carbocycles. The van der Waals surface area contributed by atoms with Crippen LogP contribution >= 0.6 is 0 Å². The molecule has 0 saturated carbocycles. The number of carbonyl (C=O) groups is 1. The van der Waals surface area contributed by atoms with Gasteiger partial charge in [0.15, 0.2) is 11.5 Å². The minimum atomic E-state index is 0.111. The van der Waals surface area contributed by atoms with Gasteiger partial charge in [-0.2, -0.15) is 4.98 Å². The number of hydrogen-bond acceptors (Lipinski definition) is 7. The van der Waals surface area contributed by atoms with Gasteiger partial charge in [-0.1, -0.05) is 23.8 Å². The van der Waals surface area contributed by atoms with Crippen molar-refractivity contribution in [2.45, 2.75) is 20.3 Å². The van der Waals surface area contributed by atoms with E-state index < -0.39 is 0 Å². The molecule has 170 valence electrons. The lowest BCUT2D eigenvalue weighted by molar-refractivity contribution is -0.130. The van der Waals surface area contributed by atoms with Gasteiger partial charge in [-0.05, 0) is 43.7 Å². The number of anilines is 3. The maximum Gasteiger partial charge on any atom is 0.231 e. The highest BCUT2D eigenvalue weighted by molar-refractivity contribution is 5.79. The molecule has 1 amide bonds. The molecule has 1 saturated heterocycles. The van der Waals surface area contributed by atoms with Gasteiger partial charge >= 0.3 is 0 Å². The van der Waals surface area contributed by atoms with Gasteiger partial charge in [0.2, 0.25) is 18.6 Å². The lowest BCUT2D eigenvalue weighted by Crippen LogP contribution is -2.49. The second-order valence-corrected chi connectivity index (χ2v) is 8.42. The molecule has 1 aromatic heterocycles. The summed E-state index contributed by atoms with van der Waals surface area (Å²) in [5.41, 5.74) is 4.03. The van der Waals surface area contributed by atoms with Crippen molar-refractivity contribution in [3.63, 3.8) is 0 Å². The van der Waals surface area contributed by atoms with Gasteiger partial charge in [0.05, 0.1) is 6.42 Å². The highest BCUT2D eigenvalue weighted by Crippen LogP contribution is 2.32. The van der Waals surface area contributed by atoms with Gasteiger partial charge in [-0.25, -0.2) is 4.98 Å². The molecule has 1 fully saturated rings. The average molecular weight is 446 g/mol. The van der Waals surface area contributed by atoms with Crippen molar-refractivity contribution >= 4 is 23.4 Å². The highest BCUT2D eigenvalue weighted by atomic mass is 16.7. The van der Waals surface area contributed by atoms with Gasteiger partial charge in [0.1, 0.15) is 5.82 Å². The smallest absolute Gasteiger partial charge is 0.231 e. The maximum atomic E-state index is 12.8. The Kier molecular flexibility index (Phi) is 5.73. The molecule has 8 nitrogen and oxygen atoms in total. The number of benzene rings is 2. The first-order valence-electron chi connectivity index (χ1n) is 11.1. The van der Waals surface area contributed by atoms with Crippen molar-refractivity contribution in [3.05, 3.63) is 65.4 Å². The summed E-state index contributed by atoms with van der Waals surface area (Å²) in [5.74, 6) is 3.00. The van der Waals surface area contributed by atoms with Gasteiger partial charge in [0, 0.05) is 43.6 Å². The molecule has 33 heavy (non-hydrogen) atoms. The largest absolute Gasteiger partial charge is 0.454 e. The van der Waals surface area contributed by atoms with E-state index in [2.05, 4.69) is 34.3 Å². The van der Waals surface area contributed by atoms with Crippen LogP contribution in [0.2, 0.25) is 0 Å². The molecule has 2 aromatic carbocycles. The van der Waals surface area contributed by atoms with E-state index in [4.69, 9.17) is 14.5 Å². The molecule has 3 aromatic rings. The van der Waals surface area contributed by atoms with E-state index >= 15 is 0 Å². The Labute approximate surface area is 193 Å². The lowest BCUT2D eigenvalue weighted by Gasteiger charge is -2.35. The predicted octanol–water partition coefficient (Wildman–Crippen LogP) is 3.46. The number of fused-ring (bicyclic) bond motifs is 1. The SMILES string of the molecule is Cc1ccc(Nc2cc(C)nc(N3CCN(C(=O)Cc4ccc5c(c4)OCO5)CC3)n2)cc1. The number of carbonyl (C=O) groups excluding carboxylic acids is 1. The summed E-state index contributed by atoms with van der Waals surface area (Å²) in [6.07, 6.45) is 0.349. The number of nitrogens with zero attached hydrogens (tertiary/aromatic N) is 4. The highest BCUT2D eigenvalue weighted by Gasteiger charge is 2.24. The molecule has 0 radical (unpaired) electrons. The van der Waals surface area contributed by atoms with Crippen LogP contribution in [0.3, 0.4) is 0 Å². The quantitative estimate of drug-likeness (QED) is 0.644. The maximum absolute atomic E-state index is 12.8. The number of ether oxygens (including phenoxy) is 2. The van der Waals surface area contributed by atoms with Gasteiger partial charge in [-0.3, -0.25) is 4.79 Å². The van der Waals surface area contributed by atoms with E-state index in [0.29, 0.717) is 44.3 Å². The van der Waals surface area contributed by atoms with Crippen LogP contribution < -0.4 is 19.7 Å². The van der Waals surface area contributed by atoms with Crippen molar-refractivity contribution < 1.29 is 14.3 Å². The van der Waals surface area contributed by atoms with Crippen LogP contribution in [0, 0.1) is 13.8 Å². The molecule has 0 atom stereocenters. The van der Waals surface area contributed by atoms with Crippen LogP contribution in [-0.4, -0.2) is 53.7 Å². The van der Waals surface area contributed by atoms with Gasteiger partial charge in [-0.15, -0.1) is 0 Å². The molecule has 3 heterocycles. The number of piperazine rings is 1. The van der Waals surface area contributed by atoms with E-state index in [0.717, 1.165) is 28.5 Å². The summed E-state index contributed by atoms with van der Waals surface area (Å²) in [7, 11) is 0. The van der Waals surface area contributed by atoms with Crippen LogP contribution in [0.25, 0.3) is 0 Å². The van der Waals surface area contributed by atoms with Gasteiger partial charge < -0.3 is 24.6 Å². The lowest BCUT2D eigenvalue weighted by atomic mass is 10.1. The fraction of sp³-hybridized carbons (Fsp3) is 0.320. The summed E-state index contributed by atoms with van der Waals surface area (Å²) in [6.45, 7) is 6.94. The van der Waals surface area contributed by atoms with Crippen molar-refractivity contribution in [3.8, 4) is 11.5 Å². The predicted molar refractivity (Wildman–Crippen MR) is 126 cm³/mol. The zero-order valence-electron chi connectivity index (χ0n) is 18.9. The molecule has 1 N–H and O–H groups in total. The third-order valence-electron chi connectivity index (χ3n) is 5.87. The van der Waals surface area contributed by atoms with Crippen LogP contribution in [0.1, 0.15) is 16.8 Å². The van der Waals surface area contributed by atoms with E-state index in [9.17, 15) is 4.79 Å². The van der Waals surface area contributed by atoms with Crippen LogP contribution in [0.4, 0.5) is 17.5 Å². The van der Waals surface area contributed by atoms with E-state index in [1.807, 2.05) is 48.2 Å². The minimum absolute atomic E-state index is 0.111. The van der Waals surface area contributed by atoms with Crippen LogP contribution in [0.5, 0.6) is 11.5 Å². The molecule has 0 bridgehead atoms. The Bertz CT molecular complexity index is 1160. The number of nitrogens with one attached hydrogen (secondary N) is 1. The van der Waals surface area contributed by atoms with E-state index in [-0.39, 0.29) is 12.7 Å². The summed E-state index contributed by atoms with van der Waals surface area (Å²) in [6, 6.07) is 15.8. The molecule has 0 spiro atoms. The van der Waals surface area contributed by atoms with E-state index in [1.54, 1.807) is 0 Å². The number of amides is 1. The molecule has 2 aliphatic heterocycles. The number of aryl methyl sites for hydroxylation is 2. The molecular weight excluding hydrogens is 418 g/mol. The third kappa shape index (κ3) is 4.84. The minimum Gasteiger partial charge on any atom is -0.454 e. The Morgan fingerprint density at radius 3 is 2.48 bits per heavy atom. The second kappa shape index (κ2) is 8.97. The van der Waals surface area contributed by atoms with Crippen molar-refractivity contribution in [2.24, 2.45) is 0 Å². The fourth-order valence-corrected chi connectivity index (χ4v) is 4.04. The summed E-state index contributed by atoms with van der Waals surface area (Å²) in [4.78, 5) is 26.2. The van der Waals surface area contributed by atoms with Gasteiger partial charge in [0.25, 0.3) is 0 Å². The number of hydrogen-bond donors (Lipinski definition) is 1. The Balaban J connectivity index is 1.20. The molecule has 8 heteroatoms. The first-order chi connectivity index (χ1) is 16.0. The zero-order valence-corrected chi connectivity index (χ0v) is 18.9. The Morgan fingerprint density at radius 2 is 1.70 bits per heavy atom. The van der Waals surface area contributed by atoms with Crippen molar-refractivity contribution in [2.75, 3.05) is 43.2 Å². The summed E-state index contributed by atoms with van der Waals surface area (Å²) < 4.78 is 10.8. The van der Waals surface area contributed by atoms with E-state index in [1.165, 1.54) is 5.56 Å². The standard InChI is InChI=1S/C25H27N5O3/c1-17-3-6-20(7-4-17)27-23-13-18(2)26-25(28-23)30-11-9-29(10-12-30)24(31)15-19-5-8-21-22(14-19)33-16-32-21/h3-8,13-14H,9-12,15-16H2,1-2H3,(H,26,27,28). The average Bonchev–Trinajstić information content (AvgIpc) is 3.28. The van der Waals surface area contributed by atoms with Crippen molar-refractivity contribution in [1.29, 1.82) is 0 Å². The summed E-state index contributed by atoms with van der Waals surface area (Å²) in [5, 5.41) is 3.36. The number of aromatic nitrogens is 2. The molecule has 0 unspecified atom stereocenters. The first-order valence-corrected chi connectivity index (χ1v) is 11.1.